The summed E-state index contributed by atoms with van der Waals surface area (Å²) in [5.41, 5.74) is 1.08. The minimum atomic E-state index is 0.332. The first-order chi connectivity index (χ1) is 8.06. The number of thiophene rings is 1. The molecule has 1 unspecified atom stereocenters. The first-order valence-corrected chi connectivity index (χ1v) is 6.75. The van der Waals surface area contributed by atoms with E-state index in [1.165, 1.54) is 9.75 Å². The summed E-state index contributed by atoms with van der Waals surface area (Å²) in [6.07, 6.45) is 3.94. The molecule has 2 heterocycles. The molecule has 0 saturated heterocycles. The van der Waals surface area contributed by atoms with Crippen LogP contribution >= 0.6 is 11.3 Å². The molecule has 17 heavy (non-hydrogen) atoms. The second-order valence-corrected chi connectivity index (χ2v) is 5.94. The number of hydrogen-bond acceptors (Lipinski definition) is 3. The van der Waals surface area contributed by atoms with E-state index < -0.39 is 0 Å². The van der Waals surface area contributed by atoms with Crippen molar-refractivity contribution in [3.63, 3.8) is 0 Å². The molecule has 0 radical (unpaired) electrons. The van der Waals surface area contributed by atoms with Gasteiger partial charge in [-0.3, -0.25) is 4.68 Å². The maximum Gasteiger partial charge on any atom is 0.0731 e. The van der Waals surface area contributed by atoms with Gasteiger partial charge in [0.15, 0.2) is 0 Å². The molecule has 0 aliphatic heterocycles. The van der Waals surface area contributed by atoms with Crippen LogP contribution in [0.1, 0.15) is 42.6 Å². The summed E-state index contributed by atoms with van der Waals surface area (Å²) in [5.74, 6) is 0. The van der Waals surface area contributed by atoms with Crippen molar-refractivity contribution in [3.8, 4) is 0 Å². The van der Waals surface area contributed by atoms with Gasteiger partial charge >= 0.3 is 0 Å². The van der Waals surface area contributed by atoms with Gasteiger partial charge in [-0.25, -0.2) is 0 Å². The van der Waals surface area contributed by atoms with Gasteiger partial charge < -0.3 is 5.32 Å². The molecule has 0 aliphatic rings. The smallest absolute Gasteiger partial charge is 0.0731 e. The van der Waals surface area contributed by atoms with Gasteiger partial charge in [-0.15, -0.1) is 11.3 Å². The summed E-state index contributed by atoms with van der Waals surface area (Å²) in [7, 11) is 0. The van der Waals surface area contributed by atoms with Gasteiger partial charge in [0, 0.05) is 22.0 Å². The molecule has 0 spiro atoms. The van der Waals surface area contributed by atoms with E-state index in [0.29, 0.717) is 12.1 Å². The quantitative estimate of drug-likeness (QED) is 0.887. The van der Waals surface area contributed by atoms with Crippen molar-refractivity contribution in [2.45, 2.75) is 39.8 Å². The SMILES string of the molecule is Cc1ccc(C(C)Nc2cnn(C(C)C)c2)s1. The Morgan fingerprint density at radius 3 is 2.59 bits per heavy atom. The van der Waals surface area contributed by atoms with Crippen LogP contribution in [0.25, 0.3) is 0 Å². The normalized spacial score (nSPS) is 13.0. The van der Waals surface area contributed by atoms with Gasteiger partial charge in [0.2, 0.25) is 0 Å². The number of anilines is 1. The van der Waals surface area contributed by atoms with Crippen LogP contribution in [0.15, 0.2) is 24.5 Å². The van der Waals surface area contributed by atoms with Gasteiger partial charge in [-0.05, 0) is 39.8 Å². The molecule has 2 aromatic heterocycles. The summed E-state index contributed by atoms with van der Waals surface area (Å²) in [6, 6.07) is 5.09. The molecule has 1 atom stereocenters. The minimum absolute atomic E-state index is 0.332. The molecule has 3 nitrogen and oxygen atoms in total. The second-order valence-electron chi connectivity index (χ2n) is 4.62. The number of aryl methyl sites for hydroxylation is 1. The summed E-state index contributed by atoms with van der Waals surface area (Å²) in [4.78, 5) is 2.71. The summed E-state index contributed by atoms with van der Waals surface area (Å²) >= 11 is 1.84. The third kappa shape index (κ3) is 2.88. The van der Waals surface area contributed by atoms with E-state index in [1.807, 2.05) is 22.2 Å². The van der Waals surface area contributed by atoms with E-state index in [9.17, 15) is 0 Å². The van der Waals surface area contributed by atoms with E-state index in [0.717, 1.165) is 5.69 Å². The number of nitrogens with zero attached hydrogens (tertiary/aromatic N) is 2. The molecule has 2 aromatic rings. The number of rotatable bonds is 4. The first-order valence-electron chi connectivity index (χ1n) is 5.93. The molecule has 0 fully saturated rings. The Morgan fingerprint density at radius 2 is 2.06 bits per heavy atom. The summed E-state index contributed by atoms with van der Waals surface area (Å²) in [5, 5.41) is 7.80. The van der Waals surface area contributed by atoms with Gasteiger partial charge in [0.1, 0.15) is 0 Å². The first kappa shape index (κ1) is 12.2. The standard InChI is InChI=1S/C13H19N3S/c1-9(2)16-8-12(7-14-16)15-11(4)13-6-5-10(3)17-13/h5-9,11,15H,1-4H3. The lowest BCUT2D eigenvalue weighted by molar-refractivity contribution is 0.532. The zero-order valence-corrected chi connectivity index (χ0v) is 11.6. The monoisotopic (exact) mass is 249 g/mol. The largest absolute Gasteiger partial charge is 0.375 e. The van der Waals surface area contributed by atoms with Crippen LogP contribution in [0.3, 0.4) is 0 Å². The van der Waals surface area contributed by atoms with Crippen LogP contribution in [0, 0.1) is 6.92 Å². The van der Waals surface area contributed by atoms with Crippen LogP contribution in [0.2, 0.25) is 0 Å². The molecule has 92 valence electrons. The van der Waals surface area contributed by atoms with E-state index in [-0.39, 0.29) is 0 Å². The maximum atomic E-state index is 4.33. The van der Waals surface area contributed by atoms with E-state index in [4.69, 9.17) is 0 Å². The fourth-order valence-electron chi connectivity index (χ4n) is 1.70. The zero-order chi connectivity index (χ0) is 12.4. The predicted molar refractivity (Wildman–Crippen MR) is 73.7 cm³/mol. The zero-order valence-electron chi connectivity index (χ0n) is 10.8. The molecule has 0 saturated carbocycles. The third-order valence-electron chi connectivity index (χ3n) is 2.70. The Hall–Kier alpha value is -1.29. The van der Waals surface area contributed by atoms with Crippen molar-refractivity contribution in [1.82, 2.24) is 9.78 Å². The molecule has 0 aromatic carbocycles. The Kier molecular flexibility index (Phi) is 3.52. The minimum Gasteiger partial charge on any atom is -0.375 e. The third-order valence-corrected chi connectivity index (χ3v) is 3.89. The molecule has 0 aliphatic carbocycles. The lowest BCUT2D eigenvalue weighted by Crippen LogP contribution is -2.04. The predicted octanol–water partition coefficient (Wildman–Crippen LogP) is 4.01. The van der Waals surface area contributed by atoms with Crippen LogP contribution in [0.4, 0.5) is 5.69 Å². The fraction of sp³-hybridized carbons (Fsp3) is 0.462. The molecule has 2 rings (SSSR count). The molecular weight excluding hydrogens is 230 g/mol. The van der Waals surface area contributed by atoms with E-state index in [1.54, 1.807) is 0 Å². The van der Waals surface area contributed by atoms with Crippen LogP contribution in [0.5, 0.6) is 0 Å². The van der Waals surface area contributed by atoms with Crippen molar-refractivity contribution < 1.29 is 0 Å². The number of aromatic nitrogens is 2. The number of nitrogens with one attached hydrogen (secondary N) is 1. The topological polar surface area (TPSA) is 29.9 Å². The highest BCUT2D eigenvalue weighted by Crippen LogP contribution is 2.25. The highest BCUT2D eigenvalue weighted by molar-refractivity contribution is 7.12. The van der Waals surface area contributed by atoms with Crippen molar-refractivity contribution >= 4 is 17.0 Å². The maximum absolute atomic E-state index is 4.33. The molecule has 1 N–H and O–H groups in total. The van der Waals surface area contributed by atoms with Gasteiger partial charge in [-0.1, -0.05) is 0 Å². The molecule has 0 amide bonds. The Morgan fingerprint density at radius 1 is 1.29 bits per heavy atom. The Bertz CT molecular complexity index is 484. The highest BCUT2D eigenvalue weighted by Gasteiger charge is 2.09. The average molecular weight is 249 g/mol. The summed E-state index contributed by atoms with van der Waals surface area (Å²) < 4.78 is 1.97. The molecule has 4 heteroatoms. The lowest BCUT2D eigenvalue weighted by Gasteiger charge is -2.11. The molecular formula is C13H19N3S. The lowest BCUT2D eigenvalue weighted by atomic mass is 10.2. The van der Waals surface area contributed by atoms with Crippen LogP contribution < -0.4 is 5.32 Å². The van der Waals surface area contributed by atoms with Crippen molar-refractivity contribution in [3.05, 3.63) is 34.3 Å². The average Bonchev–Trinajstić information content (AvgIpc) is 2.86. The van der Waals surface area contributed by atoms with Gasteiger partial charge in [0.05, 0.1) is 17.9 Å². The van der Waals surface area contributed by atoms with Crippen molar-refractivity contribution in [2.24, 2.45) is 0 Å². The molecule has 0 bridgehead atoms. The summed E-state index contributed by atoms with van der Waals surface area (Å²) in [6.45, 7) is 8.57. The fourth-order valence-corrected chi connectivity index (χ4v) is 2.58. The second kappa shape index (κ2) is 4.92. The van der Waals surface area contributed by atoms with Crippen LogP contribution in [-0.2, 0) is 0 Å². The van der Waals surface area contributed by atoms with Crippen molar-refractivity contribution in [2.75, 3.05) is 5.32 Å². The van der Waals surface area contributed by atoms with E-state index in [2.05, 4.69) is 56.4 Å². The van der Waals surface area contributed by atoms with Crippen molar-refractivity contribution in [1.29, 1.82) is 0 Å². The Balaban J connectivity index is 2.05. The number of hydrogen-bond donors (Lipinski definition) is 1. The van der Waals surface area contributed by atoms with Gasteiger partial charge in [0.25, 0.3) is 0 Å². The van der Waals surface area contributed by atoms with Gasteiger partial charge in [-0.2, -0.15) is 5.10 Å². The van der Waals surface area contributed by atoms with E-state index >= 15 is 0 Å². The highest BCUT2D eigenvalue weighted by atomic mass is 32.1. The Labute approximate surface area is 106 Å². The van der Waals surface area contributed by atoms with Crippen LogP contribution in [-0.4, -0.2) is 9.78 Å².